The van der Waals surface area contributed by atoms with Gasteiger partial charge in [-0.15, -0.1) is 0 Å². The summed E-state index contributed by atoms with van der Waals surface area (Å²) < 4.78 is 7.16. The highest BCUT2D eigenvalue weighted by molar-refractivity contribution is 6.30. The third-order valence-electron chi connectivity index (χ3n) is 5.03. The summed E-state index contributed by atoms with van der Waals surface area (Å²) in [5.41, 5.74) is 4.02. The van der Waals surface area contributed by atoms with Gasteiger partial charge in [0.15, 0.2) is 5.76 Å². The van der Waals surface area contributed by atoms with Crippen LogP contribution in [0.2, 0.25) is 5.15 Å². The Kier molecular flexibility index (Phi) is 5.29. The zero-order chi connectivity index (χ0) is 18.8. The van der Waals surface area contributed by atoms with Gasteiger partial charge in [0, 0.05) is 44.4 Å². The van der Waals surface area contributed by atoms with Crippen molar-refractivity contribution >= 4 is 11.6 Å². The summed E-state index contributed by atoms with van der Waals surface area (Å²) in [6, 6.07) is 12.0. The van der Waals surface area contributed by atoms with Gasteiger partial charge in [-0.1, -0.05) is 35.0 Å². The predicted molar refractivity (Wildman–Crippen MR) is 105 cm³/mol. The molecular weight excluding hydrogens is 362 g/mol. The minimum Gasteiger partial charge on any atom is -0.360 e. The molecule has 0 radical (unpaired) electrons. The van der Waals surface area contributed by atoms with Gasteiger partial charge in [-0.2, -0.15) is 5.10 Å². The zero-order valence-electron chi connectivity index (χ0n) is 15.7. The van der Waals surface area contributed by atoms with E-state index in [1.54, 1.807) is 0 Å². The van der Waals surface area contributed by atoms with Gasteiger partial charge in [-0.3, -0.25) is 9.80 Å². The molecule has 0 unspecified atom stereocenters. The fourth-order valence-electron chi connectivity index (χ4n) is 3.49. The number of nitrogens with zero attached hydrogens (tertiary/aromatic N) is 5. The monoisotopic (exact) mass is 385 g/mol. The van der Waals surface area contributed by atoms with Crippen molar-refractivity contribution in [3.63, 3.8) is 0 Å². The van der Waals surface area contributed by atoms with Gasteiger partial charge in [0.05, 0.1) is 23.6 Å². The summed E-state index contributed by atoms with van der Waals surface area (Å²) in [5, 5.41) is 9.32. The van der Waals surface area contributed by atoms with Crippen molar-refractivity contribution in [2.75, 3.05) is 26.2 Å². The Morgan fingerprint density at radius 2 is 1.67 bits per heavy atom. The van der Waals surface area contributed by atoms with Gasteiger partial charge < -0.3 is 4.52 Å². The summed E-state index contributed by atoms with van der Waals surface area (Å²) in [4.78, 5) is 4.84. The Hall–Kier alpha value is -2.15. The molecule has 0 spiro atoms. The highest BCUT2D eigenvalue weighted by atomic mass is 35.5. The van der Waals surface area contributed by atoms with Crippen molar-refractivity contribution in [3.8, 4) is 5.69 Å². The van der Waals surface area contributed by atoms with Crippen molar-refractivity contribution in [2.45, 2.75) is 26.9 Å². The second-order valence-electron chi connectivity index (χ2n) is 7.09. The number of hydrogen-bond acceptors (Lipinski definition) is 5. The number of halogens is 1. The summed E-state index contributed by atoms with van der Waals surface area (Å²) >= 11 is 6.67. The molecule has 142 valence electrons. The van der Waals surface area contributed by atoms with Crippen LogP contribution in [0.25, 0.3) is 5.69 Å². The molecule has 1 aliphatic heterocycles. The van der Waals surface area contributed by atoms with E-state index in [1.807, 2.05) is 54.9 Å². The molecule has 0 atom stereocenters. The molecular formula is C20H24ClN5O. The first kappa shape index (κ1) is 18.2. The molecule has 0 amide bonds. The second kappa shape index (κ2) is 7.84. The first-order chi connectivity index (χ1) is 13.1. The summed E-state index contributed by atoms with van der Waals surface area (Å²) in [5.74, 6) is 0.934. The van der Waals surface area contributed by atoms with Crippen LogP contribution in [0.3, 0.4) is 0 Å². The van der Waals surface area contributed by atoms with Crippen molar-refractivity contribution < 1.29 is 4.52 Å². The molecule has 7 heteroatoms. The van der Waals surface area contributed by atoms with Crippen LogP contribution in [-0.2, 0) is 13.1 Å². The normalized spacial score (nSPS) is 16.1. The van der Waals surface area contributed by atoms with Crippen LogP contribution in [0, 0.1) is 13.8 Å². The van der Waals surface area contributed by atoms with Gasteiger partial charge in [-0.25, -0.2) is 4.68 Å². The Labute approximate surface area is 164 Å². The number of hydrogen-bond donors (Lipinski definition) is 0. The highest BCUT2D eigenvalue weighted by Crippen LogP contribution is 2.25. The molecule has 0 saturated carbocycles. The van der Waals surface area contributed by atoms with Crippen LogP contribution in [0.1, 0.15) is 22.7 Å². The Morgan fingerprint density at radius 3 is 2.30 bits per heavy atom. The van der Waals surface area contributed by atoms with Crippen LogP contribution in [-0.4, -0.2) is 50.9 Å². The minimum absolute atomic E-state index is 0.707. The van der Waals surface area contributed by atoms with Gasteiger partial charge >= 0.3 is 0 Å². The summed E-state index contributed by atoms with van der Waals surface area (Å²) in [6.45, 7) is 9.63. The van der Waals surface area contributed by atoms with E-state index in [0.29, 0.717) is 5.15 Å². The largest absolute Gasteiger partial charge is 0.360 e. The minimum atomic E-state index is 0.707. The summed E-state index contributed by atoms with van der Waals surface area (Å²) in [7, 11) is 0. The smallest absolute Gasteiger partial charge is 0.150 e. The lowest BCUT2D eigenvalue weighted by Gasteiger charge is -2.34. The van der Waals surface area contributed by atoms with Crippen molar-refractivity contribution in [1.82, 2.24) is 24.7 Å². The van der Waals surface area contributed by atoms with E-state index in [1.165, 1.54) is 0 Å². The lowest BCUT2D eigenvalue weighted by atomic mass is 10.2. The van der Waals surface area contributed by atoms with Gasteiger partial charge in [-0.05, 0) is 26.0 Å². The first-order valence-corrected chi connectivity index (χ1v) is 9.64. The average Bonchev–Trinajstić information content (AvgIpc) is 3.21. The van der Waals surface area contributed by atoms with E-state index in [0.717, 1.165) is 67.7 Å². The quantitative estimate of drug-likeness (QED) is 0.673. The van der Waals surface area contributed by atoms with Gasteiger partial charge in [0.2, 0.25) is 0 Å². The lowest BCUT2D eigenvalue weighted by molar-refractivity contribution is 0.113. The average molecular weight is 386 g/mol. The van der Waals surface area contributed by atoms with E-state index in [9.17, 15) is 0 Å². The van der Waals surface area contributed by atoms with Crippen LogP contribution >= 0.6 is 11.6 Å². The number of benzene rings is 1. The Bertz CT molecular complexity index is 896. The number of piperazine rings is 1. The van der Waals surface area contributed by atoms with E-state index in [-0.39, 0.29) is 0 Å². The third-order valence-corrected chi connectivity index (χ3v) is 5.41. The molecule has 0 aliphatic carbocycles. The standard InChI is InChI=1S/C20H24ClN5O/c1-15-12-18(27-23-15)13-24-8-10-25(11-9-24)14-19-16(2)22-26(20(19)21)17-6-4-3-5-7-17/h3-7,12H,8-11,13-14H2,1-2H3. The molecule has 3 aromatic rings. The Balaban J connectivity index is 1.38. The second-order valence-corrected chi connectivity index (χ2v) is 7.45. The first-order valence-electron chi connectivity index (χ1n) is 9.26. The topological polar surface area (TPSA) is 50.3 Å². The lowest BCUT2D eigenvalue weighted by Crippen LogP contribution is -2.45. The molecule has 0 N–H and O–H groups in total. The fraction of sp³-hybridized carbons (Fsp3) is 0.400. The highest BCUT2D eigenvalue weighted by Gasteiger charge is 2.22. The van der Waals surface area contributed by atoms with Crippen LogP contribution in [0.15, 0.2) is 40.9 Å². The molecule has 1 saturated heterocycles. The molecule has 2 aromatic heterocycles. The van der Waals surface area contributed by atoms with Gasteiger partial charge in [0.25, 0.3) is 0 Å². The van der Waals surface area contributed by atoms with Crippen molar-refractivity contribution in [3.05, 3.63) is 64.3 Å². The molecule has 1 aliphatic rings. The maximum Gasteiger partial charge on any atom is 0.150 e. The third kappa shape index (κ3) is 4.08. The van der Waals surface area contributed by atoms with Crippen molar-refractivity contribution in [1.29, 1.82) is 0 Å². The molecule has 27 heavy (non-hydrogen) atoms. The van der Waals surface area contributed by atoms with E-state index < -0.39 is 0 Å². The van der Waals surface area contributed by atoms with E-state index in [2.05, 4.69) is 20.1 Å². The molecule has 4 rings (SSSR count). The molecule has 1 aromatic carbocycles. The van der Waals surface area contributed by atoms with Crippen LogP contribution < -0.4 is 0 Å². The Morgan fingerprint density at radius 1 is 1.00 bits per heavy atom. The molecule has 1 fully saturated rings. The fourth-order valence-corrected chi connectivity index (χ4v) is 3.82. The maximum absolute atomic E-state index is 6.67. The molecule has 0 bridgehead atoms. The van der Waals surface area contributed by atoms with Crippen LogP contribution in [0.5, 0.6) is 0 Å². The number of aromatic nitrogens is 3. The van der Waals surface area contributed by atoms with E-state index in [4.69, 9.17) is 16.1 Å². The molecule has 6 nitrogen and oxygen atoms in total. The predicted octanol–water partition coefficient (Wildman–Crippen LogP) is 3.45. The number of rotatable bonds is 5. The van der Waals surface area contributed by atoms with Crippen LogP contribution in [0.4, 0.5) is 0 Å². The van der Waals surface area contributed by atoms with E-state index >= 15 is 0 Å². The number of aryl methyl sites for hydroxylation is 2. The zero-order valence-corrected chi connectivity index (χ0v) is 16.5. The molecule has 3 heterocycles. The maximum atomic E-state index is 6.67. The number of para-hydroxylation sites is 1. The van der Waals surface area contributed by atoms with Crippen molar-refractivity contribution in [2.24, 2.45) is 0 Å². The van der Waals surface area contributed by atoms with Gasteiger partial charge in [0.1, 0.15) is 5.15 Å². The summed E-state index contributed by atoms with van der Waals surface area (Å²) in [6.07, 6.45) is 0. The SMILES string of the molecule is Cc1cc(CN2CCN(Cc3c(C)nn(-c4ccccc4)c3Cl)CC2)on1.